The summed E-state index contributed by atoms with van der Waals surface area (Å²) in [6.07, 6.45) is 4.16. The SMILES string of the molecule is CCC(C)C(=O)NC1(CCl)CCC1. The Labute approximate surface area is 85.0 Å². The molecule has 76 valence electrons. The number of hydrogen-bond donors (Lipinski definition) is 1. The first-order chi connectivity index (χ1) is 6.13. The minimum atomic E-state index is -0.0674. The zero-order valence-corrected chi connectivity index (χ0v) is 9.16. The molecule has 1 amide bonds. The van der Waals surface area contributed by atoms with Crippen molar-refractivity contribution < 1.29 is 4.79 Å². The molecule has 1 atom stereocenters. The number of nitrogens with one attached hydrogen (secondary N) is 1. The molecule has 0 aromatic carbocycles. The molecule has 0 spiro atoms. The zero-order valence-electron chi connectivity index (χ0n) is 8.40. The molecule has 0 saturated heterocycles. The number of amides is 1. The first-order valence-electron chi connectivity index (χ1n) is 5.01. The lowest BCUT2D eigenvalue weighted by Gasteiger charge is -2.41. The lowest BCUT2D eigenvalue weighted by molar-refractivity contribution is -0.127. The van der Waals surface area contributed by atoms with E-state index in [1.165, 1.54) is 6.42 Å². The van der Waals surface area contributed by atoms with E-state index < -0.39 is 0 Å². The molecule has 13 heavy (non-hydrogen) atoms. The van der Waals surface area contributed by atoms with Crippen molar-refractivity contribution in [2.24, 2.45) is 5.92 Å². The van der Waals surface area contributed by atoms with Crippen LogP contribution in [0.3, 0.4) is 0 Å². The molecule has 1 fully saturated rings. The molecule has 1 N–H and O–H groups in total. The van der Waals surface area contributed by atoms with Crippen LogP contribution in [0.2, 0.25) is 0 Å². The number of carbonyl (C=O) groups excluding carboxylic acids is 1. The maximum absolute atomic E-state index is 11.6. The smallest absolute Gasteiger partial charge is 0.223 e. The second-order valence-corrected chi connectivity index (χ2v) is 4.33. The third kappa shape index (κ3) is 2.37. The van der Waals surface area contributed by atoms with Crippen LogP contribution in [-0.2, 0) is 4.79 Å². The zero-order chi connectivity index (χ0) is 9.90. The summed E-state index contributed by atoms with van der Waals surface area (Å²) >= 11 is 5.84. The number of carbonyl (C=O) groups is 1. The van der Waals surface area contributed by atoms with Crippen LogP contribution in [-0.4, -0.2) is 17.3 Å². The lowest BCUT2D eigenvalue weighted by Crippen LogP contribution is -2.56. The van der Waals surface area contributed by atoms with Crippen molar-refractivity contribution in [3.63, 3.8) is 0 Å². The highest BCUT2D eigenvalue weighted by atomic mass is 35.5. The van der Waals surface area contributed by atoms with Crippen LogP contribution < -0.4 is 5.32 Å². The molecule has 1 unspecified atom stereocenters. The molecule has 0 aromatic rings. The first-order valence-corrected chi connectivity index (χ1v) is 5.55. The maximum Gasteiger partial charge on any atom is 0.223 e. The molecular formula is C10H18ClNO. The molecule has 0 aromatic heterocycles. The highest BCUT2D eigenvalue weighted by Gasteiger charge is 2.37. The van der Waals surface area contributed by atoms with Gasteiger partial charge >= 0.3 is 0 Å². The Hall–Kier alpha value is -0.240. The fourth-order valence-electron chi connectivity index (χ4n) is 1.47. The Morgan fingerprint density at radius 1 is 1.62 bits per heavy atom. The van der Waals surface area contributed by atoms with Gasteiger partial charge in [0.25, 0.3) is 0 Å². The molecule has 2 nitrogen and oxygen atoms in total. The Balaban J connectivity index is 2.42. The quantitative estimate of drug-likeness (QED) is 0.699. The van der Waals surface area contributed by atoms with E-state index in [0.717, 1.165) is 19.3 Å². The van der Waals surface area contributed by atoms with Gasteiger partial charge in [0.2, 0.25) is 5.91 Å². The van der Waals surface area contributed by atoms with E-state index in [1.54, 1.807) is 0 Å². The predicted molar refractivity (Wildman–Crippen MR) is 54.9 cm³/mol. The van der Waals surface area contributed by atoms with Gasteiger partial charge in [0.05, 0.1) is 5.54 Å². The van der Waals surface area contributed by atoms with Gasteiger partial charge in [0.15, 0.2) is 0 Å². The van der Waals surface area contributed by atoms with Crippen molar-refractivity contribution in [1.29, 1.82) is 0 Å². The van der Waals surface area contributed by atoms with Crippen LogP contribution in [0.5, 0.6) is 0 Å². The minimum Gasteiger partial charge on any atom is -0.349 e. The van der Waals surface area contributed by atoms with Crippen LogP contribution in [0.4, 0.5) is 0 Å². The van der Waals surface area contributed by atoms with Gasteiger partial charge in [-0.3, -0.25) is 4.79 Å². The van der Waals surface area contributed by atoms with Crippen LogP contribution in [0.25, 0.3) is 0 Å². The monoisotopic (exact) mass is 203 g/mol. The molecular weight excluding hydrogens is 186 g/mol. The van der Waals surface area contributed by atoms with Gasteiger partial charge in [-0.15, -0.1) is 11.6 Å². The van der Waals surface area contributed by atoms with E-state index in [2.05, 4.69) is 5.32 Å². The normalized spacial score (nSPS) is 21.8. The van der Waals surface area contributed by atoms with Crippen molar-refractivity contribution in [2.75, 3.05) is 5.88 Å². The summed E-state index contributed by atoms with van der Waals surface area (Å²) in [5.74, 6) is 0.818. The van der Waals surface area contributed by atoms with Crippen LogP contribution >= 0.6 is 11.6 Å². The van der Waals surface area contributed by atoms with E-state index in [4.69, 9.17) is 11.6 Å². The van der Waals surface area contributed by atoms with Crippen molar-refractivity contribution >= 4 is 17.5 Å². The summed E-state index contributed by atoms with van der Waals surface area (Å²) in [5, 5.41) is 3.06. The Morgan fingerprint density at radius 3 is 2.54 bits per heavy atom. The Kier molecular flexibility index (Phi) is 3.60. The highest BCUT2D eigenvalue weighted by molar-refractivity contribution is 6.18. The fraction of sp³-hybridized carbons (Fsp3) is 0.900. The summed E-state index contributed by atoms with van der Waals surface area (Å²) in [6, 6.07) is 0. The Morgan fingerprint density at radius 2 is 2.23 bits per heavy atom. The molecule has 3 heteroatoms. The Bertz CT molecular complexity index is 184. The van der Waals surface area contributed by atoms with Crippen molar-refractivity contribution in [1.82, 2.24) is 5.32 Å². The lowest BCUT2D eigenvalue weighted by atomic mass is 9.78. The second-order valence-electron chi connectivity index (χ2n) is 4.07. The highest BCUT2D eigenvalue weighted by Crippen LogP contribution is 2.33. The third-order valence-corrected chi connectivity index (χ3v) is 3.53. The van der Waals surface area contributed by atoms with Gasteiger partial charge in [-0.1, -0.05) is 13.8 Å². The number of alkyl halides is 1. The predicted octanol–water partition coefficient (Wildman–Crippen LogP) is 2.31. The van der Waals surface area contributed by atoms with E-state index in [0.29, 0.717) is 5.88 Å². The molecule has 1 aliphatic carbocycles. The molecule has 0 aliphatic heterocycles. The number of rotatable bonds is 4. The second kappa shape index (κ2) is 4.32. The topological polar surface area (TPSA) is 29.1 Å². The van der Waals surface area contributed by atoms with E-state index in [9.17, 15) is 4.79 Å². The maximum atomic E-state index is 11.6. The molecule has 0 bridgehead atoms. The molecule has 1 saturated carbocycles. The van der Waals surface area contributed by atoms with Gasteiger partial charge in [-0.05, 0) is 25.7 Å². The van der Waals surface area contributed by atoms with Gasteiger partial charge < -0.3 is 5.32 Å². The molecule has 1 rings (SSSR count). The summed E-state index contributed by atoms with van der Waals surface area (Å²) in [7, 11) is 0. The van der Waals surface area contributed by atoms with Crippen molar-refractivity contribution in [2.45, 2.75) is 45.1 Å². The fourth-order valence-corrected chi connectivity index (χ4v) is 1.80. The van der Waals surface area contributed by atoms with E-state index in [1.807, 2.05) is 13.8 Å². The van der Waals surface area contributed by atoms with E-state index in [-0.39, 0.29) is 17.4 Å². The summed E-state index contributed by atoms with van der Waals surface area (Å²) in [4.78, 5) is 11.6. The third-order valence-electron chi connectivity index (χ3n) is 3.01. The van der Waals surface area contributed by atoms with Crippen LogP contribution in [0.1, 0.15) is 39.5 Å². The summed E-state index contributed by atoms with van der Waals surface area (Å²) in [6.45, 7) is 3.98. The van der Waals surface area contributed by atoms with Crippen molar-refractivity contribution in [3.05, 3.63) is 0 Å². The standard InChI is InChI=1S/C10H18ClNO/c1-3-8(2)9(13)12-10(7-11)5-4-6-10/h8H,3-7H2,1-2H3,(H,12,13). The largest absolute Gasteiger partial charge is 0.349 e. The van der Waals surface area contributed by atoms with Crippen LogP contribution in [0, 0.1) is 5.92 Å². The summed E-state index contributed by atoms with van der Waals surface area (Å²) < 4.78 is 0. The molecule has 1 aliphatic rings. The van der Waals surface area contributed by atoms with Crippen molar-refractivity contribution in [3.8, 4) is 0 Å². The van der Waals surface area contributed by atoms with Gasteiger partial charge in [0.1, 0.15) is 0 Å². The molecule has 0 heterocycles. The average Bonchev–Trinajstić information content (AvgIpc) is 2.09. The first kappa shape index (κ1) is 10.8. The summed E-state index contributed by atoms with van der Waals surface area (Å²) in [5.41, 5.74) is -0.0674. The van der Waals surface area contributed by atoms with Gasteiger partial charge in [-0.25, -0.2) is 0 Å². The van der Waals surface area contributed by atoms with Gasteiger partial charge in [-0.2, -0.15) is 0 Å². The number of halogens is 1. The van der Waals surface area contributed by atoms with Crippen LogP contribution in [0.15, 0.2) is 0 Å². The number of hydrogen-bond acceptors (Lipinski definition) is 1. The minimum absolute atomic E-state index is 0.0674. The molecule has 0 radical (unpaired) electrons. The van der Waals surface area contributed by atoms with E-state index >= 15 is 0 Å². The van der Waals surface area contributed by atoms with Gasteiger partial charge in [0, 0.05) is 11.8 Å². The average molecular weight is 204 g/mol.